The number of methoxy groups -OCH3 is 1. The molecule has 0 unspecified atom stereocenters. The number of amides is 1. The molecule has 0 saturated carbocycles. The predicted molar refractivity (Wildman–Crippen MR) is 121 cm³/mol. The number of halogens is 3. The molecular formula is C21H18BrCl2N3O2. The van der Waals surface area contributed by atoms with E-state index in [2.05, 4.69) is 26.5 Å². The SMILES string of the molecule is COc1ccc(Br)cc1C(=O)N/N=C\c1cc(C)n(-c2ccc(Cl)cc2Cl)c1C. The fourth-order valence-corrected chi connectivity index (χ4v) is 3.88. The number of carbonyl (C=O) groups excluding carboxylic acids is 1. The Labute approximate surface area is 187 Å². The Morgan fingerprint density at radius 1 is 1.17 bits per heavy atom. The second-order valence-electron chi connectivity index (χ2n) is 6.30. The first kappa shape index (κ1) is 21.4. The lowest BCUT2D eigenvalue weighted by molar-refractivity contribution is 0.0952. The molecule has 1 amide bonds. The maximum Gasteiger partial charge on any atom is 0.275 e. The first-order valence-electron chi connectivity index (χ1n) is 8.63. The fraction of sp³-hybridized carbons (Fsp3) is 0.143. The van der Waals surface area contributed by atoms with Crippen LogP contribution in [0.1, 0.15) is 27.3 Å². The highest BCUT2D eigenvalue weighted by atomic mass is 79.9. The average molecular weight is 495 g/mol. The van der Waals surface area contributed by atoms with Gasteiger partial charge in [0.25, 0.3) is 5.91 Å². The second-order valence-corrected chi connectivity index (χ2v) is 8.06. The third kappa shape index (κ3) is 4.66. The van der Waals surface area contributed by atoms with Crippen LogP contribution in [0.5, 0.6) is 5.75 Å². The van der Waals surface area contributed by atoms with Crippen molar-refractivity contribution in [1.82, 2.24) is 9.99 Å². The number of nitrogens with zero attached hydrogens (tertiary/aromatic N) is 2. The highest BCUT2D eigenvalue weighted by Gasteiger charge is 2.14. The molecule has 0 bridgehead atoms. The van der Waals surface area contributed by atoms with E-state index in [0.29, 0.717) is 21.4 Å². The van der Waals surface area contributed by atoms with Gasteiger partial charge < -0.3 is 9.30 Å². The molecule has 0 aliphatic heterocycles. The van der Waals surface area contributed by atoms with Gasteiger partial charge in [0.15, 0.2) is 0 Å². The van der Waals surface area contributed by atoms with Gasteiger partial charge in [-0.05, 0) is 56.3 Å². The summed E-state index contributed by atoms with van der Waals surface area (Å²) in [5.74, 6) is 0.102. The van der Waals surface area contributed by atoms with Crippen LogP contribution in [0.4, 0.5) is 0 Å². The van der Waals surface area contributed by atoms with Crippen LogP contribution in [0.25, 0.3) is 5.69 Å². The van der Waals surface area contributed by atoms with Gasteiger partial charge in [0.05, 0.1) is 29.6 Å². The van der Waals surface area contributed by atoms with Crippen molar-refractivity contribution in [2.75, 3.05) is 7.11 Å². The van der Waals surface area contributed by atoms with E-state index in [0.717, 1.165) is 27.1 Å². The van der Waals surface area contributed by atoms with Crippen molar-refractivity contribution in [2.45, 2.75) is 13.8 Å². The van der Waals surface area contributed by atoms with Crippen LogP contribution in [0.15, 0.2) is 52.0 Å². The average Bonchev–Trinajstić information content (AvgIpc) is 2.95. The molecular weight excluding hydrogens is 477 g/mol. The Balaban J connectivity index is 1.84. The highest BCUT2D eigenvalue weighted by Crippen LogP contribution is 2.28. The van der Waals surface area contributed by atoms with Gasteiger partial charge >= 0.3 is 0 Å². The number of aryl methyl sites for hydroxylation is 1. The number of benzene rings is 2. The number of nitrogens with one attached hydrogen (secondary N) is 1. The van der Waals surface area contributed by atoms with Crippen molar-refractivity contribution in [3.63, 3.8) is 0 Å². The molecule has 5 nitrogen and oxygen atoms in total. The van der Waals surface area contributed by atoms with Crippen LogP contribution in [0.2, 0.25) is 10.0 Å². The first-order chi connectivity index (χ1) is 13.8. The Bertz CT molecular complexity index is 1110. The summed E-state index contributed by atoms with van der Waals surface area (Å²) in [6, 6.07) is 12.5. The molecule has 0 aliphatic rings. The first-order valence-corrected chi connectivity index (χ1v) is 10.2. The lowest BCUT2D eigenvalue weighted by Gasteiger charge is -2.11. The molecule has 0 aliphatic carbocycles. The summed E-state index contributed by atoms with van der Waals surface area (Å²) in [7, 11) is 1.51. The normalized spacial score (nSPS) is 11.1. The lowest BCUT2D eigenvalue weighted by atomic mass is 10.2. The summed E-state index contributed by atoms with van der Waals surface area (Å²) in [6.07, 6.45) is 1.60. The minimum atomic E-state index is -0.367. The minimum absolute atomic E-state index is 0.367. The molecule has 0 spiro atoms. The topological polar surface area (TPSA) is 55.6 Å². The molecule has 1 heterocycles. The van der Waals surface area contributed by atoms with Crippen LogP contribution in [0, 0.1) is 13.8 Å². The largest absolute Gasteiger partial charge is 0.496 e. The minimum Gasteiger partial charge on any atom is -0.496 e. The number of aromatic nitrogens is 1. The maximum atomic E-state index is 12.5. The molecule has 0 atom stereocenters. The molecule has 3 rings (SSSR count). The summed E-state index contributed by atoms with van der Waals surface area (Å²) in [5.41, 5.74) is 6.53. The summed E-state index contributed by atoms with van der Waals surface area (Å²) < 4.78 is 8.02. The van der Waals surface area contributed by atoms with Crippen LogP contribution in [0.3, 0.4) is 0 Å². The van der Waals surface area contributed by atoms with Crippen molar-refractivity contribution in [3.8, 4) is 11.4 Å². The summed E-state index contributed by atoms with van der Waals surface area (Å²) >= 11 is 15.7. The number of hydrazone groups is 1. The van der Waals surface area contributed by atoms with Gasteiger partial charge in [-0.1, -0.05) is 39.1 Å². The Morgan fingerprint density at radius 3 is 2.62 bits per heavy atom. The Kier molecular flexibility index (Phi) is 6.67. The van der Waals surface area contributed by atoms with Crippen molar-refractivity contribution >= 4 is 51.3 Å². The summed E-state index contributed by atoms with van der Waals surface area (Å²) in [4.78, 5) is 12.5. The third-order valence-corrected chi connectivity index (χ3v) is 5.43. The molecule has 0 fully saturated rings. The molecule has 0 saturated heterocycles. The van der Waals surface area contributed by atoms with Gasteiger partial charge in [0.1, 0.15) is 5.75 Å². The van der Waals surface area contributed by atoms with E-state index in [1.165, 1.54) is 7.11 Å². The lowest BCUT2D eigenvalue weighted by Crippen LogP contribution is -2.18. The third-order valence-electron chi connectivity index (χ3n) is 4.40. The predicted octanol–water partition coefficient (Wildman–Crippen LogP) is 5.94. The van der Waals surface area contributed by atoms with Crippen LogP contribution < -0.4 is 10.2 Å². The quantitative estimate of drug-likeness (QED) is 0.352. The van der Waals surface area contributed by atoms with E-state index in [9.17, 15) is 4.79 Å². The number of hydrogen-bond acceptors (Lipinski definition) is 3. The molecule has 1 aromatic heterocycles. The van der Waals surface area contributed by atoms with E-state index < -0.39 is 0 Å². The zero-order chi connectivity index (χ0) is 21.1. The zero-order valence-electron chi connectivity index (χ0n) is 16.0. The molecule has 3 aromatic rings. The van der Waals surface area contributed by atoms with Gasteiger partial charge in [0, 0.05) is 26.4 Å². The van der Waals surface area contributed by atoms with Crippen molar-refractivity contribution < 1.29 is 9.53 Å². The van der Waals surface area contributed by atoms with Crippen molar-refractivity contribution in [1.29, 1.82) is 0 Å². The number of rotatable bonds is 5. The molecule has 29 heavy (non-hydrogen) atoms. The number of ether oxygens (including phenoxy) is 1. The van der Waals surface area contributed by atoms with Crippen molar-refractivity contribution in [3.05, 3.63) is 79.5 Å². The fourth-order valence-electron chi connectivity index (χ4n) is 3.03. The van der Waals surface area contributed by atoms with Gasteiger partial charge in [-0.25, -0.2) is 5.43 Å². The summed E-state index contributed by atoms with van der Waals surface area (Å²) in [6.45, 7) is 3.93. The molecule has 1 N–H and O–H groups in total. The van der Waals surface area contributed by atoms with Crippen LogP contribution in [-0.4, -0.2) is 23.8 Å². The smallest absolute Gasteiger partial charge is 0.275 e. The maximum absolute atomic E-state index is 12.5. The van der Waals surface area contributed by atoms with Crippen molar-refractivity contribution in [2.24, 2.45) is 5.10 Å². The molecule has 0 radical (unpaired) electrons. The molecule has 2 aromatic carbocycles. The molecule has 150 valence electrons. The Hall–Kier alpha value is -2.28. The zero-order valence-corrected chi connectivity index (χ0v) is 19.1. The van der Waals surface area contributed by atoms with Gasteiger partial charge in [0.2, 0.25) is 0 Å². The van der Waals surface area contributed by atoms with Gasteiger partial charge in [-0.15, -0.1) is 0 Å². The highest BCUT2D eigenvalue weighted by molar-refractivity contribution is 9.10. The second kappa shape index (κ2) is 9.03. The van der Waals surface area contributed by atoms with E-state index in [-0.39, 0.29) is 5.91 Å². The Morgan fingerprint density at radius 2 is 1.93 bits per heavy atom. The van der Waals surface area contributed by atoms with E-state index >= 15 is 0 Å². The molecule has 8 heteroatoms. The monoisotopic (exact) mass is 493 g/mol. The van der Waals surface area contributed by atoms with Gasteiger partial charge in [-0.3, -0.25) is 4.79 Å². The number of hydrogen-bond donors (Lipinski definition) is 1. The van der Waals surface area contributed by atoms with E-state index in [4.69, 9.17) is 27.9 Å². The standard InChI is InChI=1S/C21H18BrCl2N3O2/c1-12-8-14(13(2)27(12)19-6-5-16(23)10-18(19)24)11-25-26-21(28)17-9-15(22)4-7-20(17)29-3/h4-11H,1-3H3,(H,26,28)/b25-11-. The van der Waals surface area contributed by atoms with Gasteiger partial charge in [-0.2, -0.15) is 5.10 Å². The number of carbonyl (C=O) groups is 1. The van der Waals surface area contributed by atoms with Crippen LogP contribution in [-0.2, 0) is 0 Å². The van der Waals surface area contributed by atoms with E-state index in [1.54, 1.807) is 36.5 Å². The summed E-state index contributed by atoms with van der Waals surface area (Å²) in [5, 5.41) is 5.24. The van der Waals surface area contributed by atoms with Crippen LogP contribution >= 0.6 is 39.1 Å². The van der Waals surface area contributed by atoms with E-state index in [1.807, 2.05) is 30.5 Å².